The highest BCUT2D eigenvalue weighted by molar-refractivity contribution is 4.90. The second kappa shape index (κ2) is 4.79. The van der Waals surface area contributed by atoms with Gasteiger partial charge in [-0.05, 0) is 44.4 Å². The third kappa shape index (κ3) is 2.38. The molecule has 2 aliphatic carbocycles. The molecule has 0 radical (unpaired) electrons. The molecule has 2 aliphatic rings. The van der Waals surface area contributed by atoms with Crippen molar-refractivity contribution in [1.29, 1.82) is 0 Å². The van der Waals surface area contributed by atoms with Crippen LogP contribution in [0, 0.1) is 18.8 Å². The van der Waals surface area contributed by atoms with Crippen molar-refractivity contribution >= 4 is 0 Å². The molecule has 0 aliphatic heterocycles. The summed E-state index contributed by atoms with van der Waals surface area (Å²) >= 11 is 0. The van der Waals surface area contributed by atoms with Crippen LogP contribution in [0.1, 0.15) is 63.1 Å². The van der Waals surface area contributed by atoms with Gasteiger partial charge in [0.1, 0.15) is 0 Å². The predicted molar refractivity (Wildman–Crippen MR) is 67.7 cm³/mol. The molecular formula is C14H23N3. The minimum absolute atomic E-state index is 0.619. The first-order valence-corrected chi connectivity index (χ1v) is 7.21. The van der Waals surface area contributed by atoms with Crippen LogP contribution in [0.15, 0.2) is 6.20 Å². The maximum Gasteiger partial charge on any atom is 0.0796 e. The predicted octanol–water partition coefficient (Wildman–Crippen LogP) is 3.51. The van der Waals surface area contributed by atoms with Crippen LogP contribution in [0.5, 0.6) is 0 Å². The zero-order chi connectivity index (χ0) is 11.7. The lowest BCUT2D eigenvalue weighted by molar-refractivity contribution is 0.199. The topological polar surface area (TPSA) is 30.7 Å². The van der Waals surface area contributed by atoms with Crippen LogP contribution in [-0.2, 0) is 0 Å². The molecule has 1 aromatic rings. The van der Waals surface area contributed by atoms with Crippen molar-refractivity contribution in [3.63, 3.8) is 0 Å². The maximum atomic E-state index is 4.23. The van der Waals surface area contributed by atoms with E-state index in [9.17, 15) is 0 Å². The summed E-state index contributed by atoms with van der Waals surface area (Å²) in [5.74, 6) is 2.06. The van der Waals surface area contributed by atoms with E-state index in [1.54, 1.807) is 0 Å². The molecule has 0 atom stereocenters. The first-order chi connectivity index (χ1) is 8.33. The Morgan fingerprint density at radius 2 is 1.65 bits per heavy atom. The average molecular weight is 233 g/mol. The van der Waals surface area contributed by atoms with Gasteiger partial charge in [-0.25, -0.2) is 4.68 Å². The van der Waals surface area contributed by atoms with Gasteiger partial charge < -0.3 is 0 Å². The molecule has 2 fully saturated rings. The van der Waals surface area contributed by atoms with Gasteiger partial charge in [-0.3, -0.25) is 0 Å². The minimum Gasteiger partial charge on any atom is -0.249 e. The Morgan fingerprint density at radius 3 is 2.24 bits per heavy atom. The highest BCUT2D eigenvalue weighted by atomic mass is 15.4. The van der Waals surface area contributed by atoms with Crippen LogP contribution in [0.3, 0.4) is 0 Å². The van der Waals surface area contributed by atoms with Crippen molar-refractivity contribution in [3.05, 3.63) is 11.9 Å². The zero-order valence-corrected chi connectivity index (χ0v) is 10.8. The highest BCUT2D eigenvalue weighted by Gasteiger charge is 2.30. The van der Waals surface area contributed by atoms with Crippen LogP contribution < -0.4 is 0 Å². The Balaban J connectivity index is 1.56. The molecule has 2 saturated carbocycles. The average Bonchev–Trinajstić information content (AvgIpc) is 3.00. The lowest BCUT2D eigenvalue weighted by Gasteiger charge is -2.32. The van der Waals surface area contributed by atoms with E-state index in [1.165, 1.54) is 51.4 Å². The van der Waals surface area contributed by atoms with Gasteiger partial charge in [-0.15, -0.1) is 5.10 Å². The Labute approximate surface area is 104 Å². The monoisotopic (exact) mass is 233 g/mol. The van der Waals surface area contributed by atoms with Gasteiger partial charge in [0.2, 0.25) is 0 Å². The smallest absolute Gasteiger partial charge is 0.0796 e. The van der Waals surface area contributed by atoms with Crippen LogP contribution >= 0.6 is 0 Å². The number of hydrogen-bond acceptors (Lipinski definition) is 2. The molecule has 94 valence electrons. The fourth-order valence-electron chi connectivity index (χ4n) is 3.81. The Kier molecular flexibility index (Phi) is 3.17. The second-order valence-corrected chi connectivity index (χ2v) is 5.95. The molecular weight excluding hydrogens is 210 g/mol. The normalized spacial score (nSPS) is 30.9. The first kappa shape index (κ1) is 11.2. The number of aromatic nitrogens is 3. The maximum absolute atomic E-state index is 4.23. The van der Waals surface area contributed by atoms with Gasteiger partial charge in [0, 0.05) is 6.20 Å². The molecule has 3 rings (SSSR count). The number of aryl methyl sites for hydroxylation is 1. The highest BCUT2D eigenvalue weighted by Crippen LogP contribution is 2.41. The standard InChI is InChI=1S/C14H23N3/c1-11-10-17(16-15-11)14-8-6-13(7-9-14)12-4-2-3-5-12/h10,12-14H,2-9H2,1H3. The zero-order valence-electron chi connectivity index (χ0n) is 10.8. The third-order valence-corrected chi connectivity index (χ3v) is 4.81. The quantitative estimate of drug-likeness (QED) is 0.782. The van der Waals surface area contributed by atoms with Gasteiger partial charge in [0.15, 0.2) is 0 Å². The van der Waals surface area contributed by atoms with Crippen molar-refractivity contribution in [2.24, 2.45) is 11.8 Å². The van der Waals surface area contributed by atoms with Crippen molar-refractivity contribution in [1.82, 2.24) is 15.0 Å². The fraction of sp³-hybridized carbons (Fsp3) is 0.857. The summed E-state index contributed by atoms with van der Waals surface area (Å²) in [5, 5.41) is 8.33. The molecule has 0 aromatic carbocycles. The molecule has 0 unspecified atom stereocenters. The molecule has 3 heteroatoms. The van der Waals surface area contributed by atoms with Crippen LogP contribution in [0.4, 0.5) is 0 Å². The molecule has 17 heavy (non-hydrogen) atoms. The molecule has 0 amide bonds. The van der Waals surface area contributed by atoms with Gasteiger partial charge in [0.05, 0.1) is 11.7 Å². The van der Waals surface area contributed by atoms with Crippen molar-refractivity contribution < 1.29 is 0 Å². The van der Waals surface area contributed by atoms with E-state index in [2.05, 4.69) is 21.2 Å². The third-order valence-electron chi connectivity index (χ3n) is 4.81. The van der Waals surface area contributed by atoms with Gasteiger partial charge in [-0.2, -0.15) is 0 Å². The number of rotatable bonds is 2. The number of hydrogen-bond donors (Lipinski definition) is 0. The van der Waals surface area contributed by atoms with Gasteiger partial charge >= 0.3 is 0 Å². The summed E-state index contributed by atoms with van der Waals surface area (Å²) in [7, 11) is 0. The summed E-state index contributed by atoms with van der Waals surface area (Å²) < 4.78 is 2.10. The first-order valence-electron chi connectivity index (χ1n) is 7.21. The van der Waals surface area contributed by atoms with Gasteiger partial charge in [0.25, 0.3) is 0 Å². The SMILES string of the molecule is Cc1cn(C2CCC(C3CCCC3)CC2)nn1. The molecule has 0 bridgehead atoms. The minimum atomic E-state index is 0.619. The lowest BCUT2D eigenvalue weighted by atomic mass is 9.77. The molecule has 0 saturated heterocycles. The molecule has 1 heterocycles. The summed E-state index contributed by atoms with van der Waals surface area (Å²) in [6.45, 7) is 2.02. The fourth-order valence-corrected chi connectivity index (χ4v) is 3.81. The van der Waals surface area contributed by atoms with Crippen molar-refractivity contribution in [2.45, 2.75) is 64.3 Å². The Bertz CT molecular complexity index is 357. The molecule has 3 nitrogen and oxygen atoms in total. The van der Waals surface area contributed by atoms with Crippen molar-refractivity contribution in [2.75, 3.05) is 0 Å². The Hall–Kier alpha value is -0.860. The van der Waals surface area contributed by atoms with Crippen LogP contribution in [-0.4, -0.2) is 15.0 Å². The van der Waals surface area contributed by atoms with E-state index in [0.29, 0.717) is 6.04 Å². The second-order valence-electron chi connectivity index (χ2n) is 5.95. The summed E-state index contributed by atoms with van der Waals surface area (Å²) in [4.78, 5) is 0. The van der Waals surface area contributed by atoms with E-state index in [4.69, 9.17) is 0 Å². The number of nitrogens with zero attached hydrogens (tertiary/aromatic N) is 3. The summed E-state index contributed by atoms with van der Waals surface area (Å²) in [6, 6.07) is 0.619. The van der Waals surface area contributed by atoms with E-state index >= 15 is 0 Å². The van der Waals surface area contributed by atoms with E-state index in [0.717, 1.165) is 17.5 Å². The van der Waals surface area contributed by atoms with Crippen LogP contribution in [0.25, 0.3) is 0 Å². The lowest BCUT2D eigenvalue weighted by Crippen LogP contribution is -2.22. The molecule has 1 aromatic heterocycles. The van der Waals surface area contributed by atoms with Crippen molar-refractivity contribution in [3.8, 4) is 0 Å². The van der Waals surface area contributed by atoms with Gasteiger partial charge in [-0.1, -0.05) is 30.9 Å². The Morgan fingerprint density at radius 1 is 1.00 bits per heavy atom. The van der Waals surface area contributed by atoms with Crippen LogP contribution in [0.2, 0.25) is 0 Å². The van der Waals surface area contributed by atoms with E-state index < -0.39 is 0 Å². The summed E-state index contributed by atoms with van der Waals surface area (Å²) in [6.07, 6.45) is 13.5. The largest absolute Gasteiger partial charge is 0.249 e. The molecule has 0 spiro atoms. The summed E-state index contributed by atoms with van der Waals surface area (Å²) in [5.41, 5.74) is 1.04. The van der Waals surface area contributed by atoms with E-state index in [-0.39, 0.29) is 0 Å². The molecule has 0 N–H and O–H groups in total. The van der Waals surface area contributed by atoms with E-state index in [1.807, 2.05) is 6.92 Å².